The molecule has 0 spiro atoms. The molecular weight excluding hydrogens is 156 g/mol. The monoisotopic (exact) mass is 174 g/mol. The van der Waals surface area contributed by atoms with Gasteiger partial charge >= 0.3 is 0 Å². The fraction of sp³-hybridized carbons (Fsp3) is 0.889. The number of rotatable bonds is 7. The van der Waals surface area contributed by atoms with Crippen LogP contribution < -0.4 is 0 Å². The van der Waals surface area contributed by atoms with Gasteiger partial charge in [0.15, 0.2) is 6.29 Å². The first-order valence-corrected chi connectivity index (χ1v) is 4.23. The maximum Gasteiger partial charge on any atom is 0.157 e. The fourth-order valence-corrected chi connectivity index (χ4v) is 1.09. The van der Waals surface area contributed by atoms with Crippen LogP contribution in [-0.4, -0.2) is 26.8 Å². The Kier molecular flexibility index (Phi) is 7.00. The van der Waals surface area contributed by atoms with Crippen molar-refractivity contribution >= 4 is 6.29 Å². The second-order valence-corrected chi connectivity index (χ2v) is 2.99. The van der Waals surface area contributed by atoms with Gasteiger partial charge in [-0.1, -0.05) is 6.92 Å². The summed E-state index contributed by atoms with van der Waals surface area (Å²) in [5, 5.41) is 0. The molecule has 0 N–H and O–H groups in total. The van der Waals surface area contributed by atoms with Gasteiger partial charge in [0.2, 0.25) is 0 Å². The van der Waals surface area contributed by atoms with E-state index in [9.17, 15) is 4.79 Å². The van der Waals surface area contributed by atoms with Crippen molar-refractivity contribution in [1.82, 2.24) is 0 Å². The van der Waals surface area contributed by atoms with E-state index in [1.54, 1.807) is 14.2 Å². The molecule has 0 bridgehead atoms. The average Bonchev–Trinajstić information content (AvgIpc) is 2.10. The highest BCUT2D eigenvalue weighted by atomic mass is 16.7. The zero-order valence-corrected chi connectivity index (χ0v) is 8.08. The van der Waals surface area contributed by atoms with Crippen LogP contribution in [0.4, 0.5) is 0 Å². The average molecular weight is 174 g/mol. The van der Waals surface area contributed by atoms with Crippen molar-refractivity contribution in [3.63, 3.8) is 0 Å². The summed E-state index contributed by atoms with van der Waals surface area (Å²) in [7, 11) is 3.25. The van der Waals surface area contributed by atoms with E-state index in [0.717, 1.165) is 19.1 Å². The van der Waals surface area contributed by atoms with Gasteiger partial charge in [-0.2, -0.15) is 0 Å². The van der Waals surface area contributed by atoms with E-state index in [4.69, 9.17) is 9.47 Å². The molecule has 0 aromatic heterocycles. The first-order chi connectivity index (χ1) is 5.74. The molecular formula is C9H18O3. The molecule has 0 aliphatic rings. The highest BCUT2D eigenvalue weighted by Gasteiger charge is 2.10. The van der Waals surface area contributed by atoms with Crippen LogP contribution in [0.5, 0.6) is 0 Å². The van der Waals surface area contributed by atoms with Crippen molar-refractivity contribution in [1.29, 1.82) is 0 Å². The van der Waals surface area contributed by atoms with Gasteiger partial charge < -0.3 is 14.3 Å². The molecule has 0 rings (SSSR count). The predicted octanol–water partition coefficient (Wildman–Crippen LogP) is 1.61. The lowest BCUT2D eigenvalue weighted by Crippen LogP contribution is -2.16. The van der Waals surface area contributed by atoms with Crippen molar-refractivity contribution in [2.45, 2.75) is 32.5 Å². The predicted molar refractivity (Wildman–Crippen MR) is 46.9 cm³/mol. The highest BCUT2D eigenvalue weighted by molar-refractivity contribution is 5.49. The van der Waals surface area contributed by atoms with Crippen molar-refractivity contribution in [2.24, 2.45) is 5.92 Å². The Balaban J connectivity index is 3.50. The normalized spacial score (nSPS) is 13.3. The summed E-state index contributed by atoms with van der Waals surface area (Å²) in [4.78, 5) is 10.1. The molecule has 0 aromatic rings. The number of hydrogen-bond acceptors (Lipinski definition) is 3. The van der Waals surface area contributed by atoms with Crippen molar-refractivity contribution in [3.8, 4) is 0 Å². The smallest absolute Gasteiger partial charge is 0.157 e. The zero-order chi connectivity index (χ0) is 9.40. The molecule has 0 saturated heterocycles. The van der Waals surface area contributed by atoms with E-state index < -0.39 is 0 Å². The van der Waals surface area contributed by atoms with Crippen LogP contribution in [0.25, 0.3) is 0 Å². The van der Waals surface area contributed by atoms with Crippen molar-refractivity contribution < 1.29 is 14.3 Å². The van der Waals surface area contributed by atoms with E-state index in [0.29, 0.717) is 12.3 Å². The summed E-state index contributed by atoms with van der Waals surface area (Å²) >= 11 is 0. The van der Waals surface area contributed by atoms with Crippen molar-refractivity contribution in [2.75, 3.05) is 14.2 Å². The van der Waals surface area contributed by atoms with Crippen LogP contribution in [0.3, 0.4) is 0 Å². The van der Waals surface area contributed by atoms with Crippen LogP contribution in [0.15, 0.2) is 0 Å². The zero-order valence-electron chi connectivity index (χ0n) is 8.08. The molecule has 0 saturated carbocycles. The second kappa shape index (κ2) is 7.25. The molecule has 0 aliphatic carbocycles. The minimum atomic E-state index is -0.133. The van der Waals surface area contributed by atoms with Gasteiger partial charge in [0.25, 0.3) is 0 Å². The Hall–Kier alpha value is -0.410. The van der Waals surface area contributed by atoms with Crippen LogP contribution in [0.1, 0.15) is 26.2 Å². The minimum Gasteiger partial charge on any atom is -0.356 e. The molecule has 0 aliphatic heterocycles. The third-order valence-electron chi connectivity index (χ3n) is 1.90. The lowest BCUT2D eigenvalue weighted by molar-refractivity contribution is -0.115. The Morgan fingerprint density at radius 1 is 1.33 bits per heavy atom. The number of carbonyl (C=O) groups is 1. The van der Waals surface area contributed by atoms with Gasteiger partial charge in [0, 0.05) is 27.1 Å². The quantitative estimate of drug-likeness (QED) is 0.434. The second-order valence-electron chi connectivity index (χ2n) is 2.99. The molecule has 72 valence electrons. The SMILES string of the molecule is COC(C[C@H](C)CCC=O)OC. The van der Waals surface area contributed by atoms with Crippen LogP contribution in [0, 0.1) is 5.92 Å². The molecule has 12 heavy (non-hydrogen) atoms. The summed E-state index contributed by atoms with van der Waals surface area (Å²) in [5.74, 6) is 0.472. The third kappa shape index (κ3) is 5.27. The van der Waals surface area contributed by atoms with Gasteiger partial charge in [0.05, 0.1) is 0 Å². The summed E-state index contributed by atoms with van der Waals surface area (Å²) in [6.45, 7) is 2.09. The number of ether oxygens (including phenoxy) is 2. The van der Waals surface area contributed by atoms with Gasteiger partial charge in [-0.3, -0.25) is 0 Å². The molecule has 0 unspecified atom stereocenters. The van der Waals surface area contributed by atoms with E-state index in [-0.39, 0.29) is 6.29 Å². The summed E-state index contributed by atoms with van der Waals surface area (Å²) in [6, 6.07) is 0. The highest BCUT2D eigenvalue weighted by Crippen LogP contribution is 2.13. The first kappa shape index (κ1) is 11.6. The maximum atomic E-state index is 10.1. The molecule has 1 atom stereocenters. The molecule has 0 aromatic carbocycles. The topological polar surface area (TPSA) is 35.5 Å². The number of aldehydes is 1. The molecule has 0 heterocycles. The Morgan fingerprint density at radius 3 is 2.33 bits per heavy atom. The first-order valence-electron chi connectivity index (χ1n) is 4.23. The van der Waals surface area contributed by atoms with Crippen molar-refractivity contribution in [3.05, 3.63) is 0 Å². The number of methoxy groups -OCH3 is 2. The maximum absolute atomic E-state index is 10.1. The van der Waals surface area contributed by atoms with Crippen LogP contribution >= 0.6 is 0 Å². The molecule has 3 heteroatoms. The number of hydrogen-bond donors (Lipinski definition) is 0. The molecule has 0 fully saturated rings. The minimum absolute atomic E-state index is 0.133. The Morgan fingerprint density at radius 2 is 1.92 bits per heavy atom. The van der Waals surface area contributed by atoms with Crippen LogP contribution in [-0.2, 0) is 14.3 Å². The molecule has 0 radical (unpaired) electrons. The lowest BCUT2D eigenvalue weighted by Gasteiger charge is -2.17. The fourth-order valence-electron chi connectivity index (χ4n) is 1.09. The molecule has 0 amide bonds. The van der Waals surface area contributed by atoms with Gasteiger partial charge in [-0.25, -0.2) is 0 Å². The van der Waals surface area contributed by atoms with Gasteiger partial charge in [0.1, 0.15) is 6.29 Å². The Labute approximate surface area is 74.0 Å². The summed E-state index contributed by atoms with van der Waals surface area (Å²) in [6.07, 6.45) is 3.20. The van der Waals surface area contributed by atoms with Gasteiger partial charge in [-0.05, 0) is 12.3 Å². The van der Waals surface area contributed by atoms with E-state index in [1.807, 2.05) is 0 Å². The third-order valence-corrected chi connectivity index (χ3v) is 1.90. The van der Waals surface area contributed by atoms with E-state index >= 15 is 0 Å². The van der Waals surface area contributed by atoms with Gasteiger partial charge in [-0.15, -0.1) is 0 Å². The largest absolute Gasteiger partial charge is 0.356 e. The lowest BCUT2D eigenvalue weighted by atomic mass is 10.0. The molecule has 3 nitrogen and oxygen atoms in total. The number of carbonyl (C=O) groups excluding carboxylic acids is 1. The summed E-state index contributed by atoms with van der Waals surface area (Å²) < 4.78 is 10.1. The summed E-state index contributed by atoms with van der Waals surface area (Å²) in [5.41, 5.74) is 0. The van der Waals surface area contributed by atoms with E-state index in [1.165, 1.54) is 0 Å². The van der Waals surface area contributed by atoms with E-state index in [2.05, 4.69) is 6.92 Å². The Bertz CT molecular complexity index is 110. The standard InChI is InChI=1S/C9H18O3/c1-8(5-4-6-10)7-9(11-2)12-3/h6,8-9H,4-5,7H2,1-3H3/t8-/m1/s1. The van der Waals surface area contributed by atoms with Crippen LogP contribution in [0.2, 0.25) is 0 Å².